The minimum Gasteiger partial charge on any atom is -0.396 e. The summed E-state index contributed by atoms with van der Waals surface area (Å²) in [5.41, 5.74) is 1.02. The fourth-order valence-electron chi connectivity index (χ4n) is 0.791. The monoisotopic (exact) mass is 289 g/mol. The molecular formula is C17H39NO2. The Morgan fingerprint density at radius 2 is 1.50 bits per heavy atom. The van der Waals surface area contributed by atoms with Gasteiger partial charge in [-0.2, -0.15) is 0 Å². The fourth-order valence-corrected chi connectivity index (χ4v) is 0.791. The third-order valence-corrected chi connectivity index (χ3v) is 1.79. The van der Waals surface area contributed by atoms with Crippen LogP contribution in [0.3, 0.4) is 0 Å². The van der Waals surface area contributed by atoms with Crippen LogP contribution in [0.2, 0.25) is 0 Å². The first-order valence-corrected chi connectivity index (χ1v) is 8.31. The van der Waals surface area contributed by atoms with E-state index in [0.29, 0.717) is 13.0 Å². The first-order chi connectivity index (χ1) is 9.72. The predicted molar refractivity (Wildman–Crippen MR) is 92.5 cm³/mol. The number of nitrogens with zero attached hydrogens (tertiary/aromatic N) is 1. The summed E-state index contributed by atoms with van der Waals surface area (Å²) in [5.74, 6) is 0. The van der Waals surface area contributed by atoms with E-state index >= 15 is 0 Å². The molecule has 0 atom stereocenters. The van der Waals surface area contributed by atoms with Crippen molar-refractivity contribution in [2.24, 2.45) is 5.16 Å². The first-order valence-electron chi connectivity index (χ1n) is 8.31. The maximum absolute atomic E-state index is 9.97. The van der Waals surface area contributed by atoms with Crippen LogP contribution in [0.4, 0.5) is 0 Å². The van der Waals surface area contributed by atoms with Crippen LogP contribution in [0.15, 0.2) is 5.16 Å². The second-order valence-corrected chi connectivity index (χ2v) is 3.74. The van der Waals surface area contributed by atoms with Crippen molar-refractivity contribution in [3.05, 3.63) is 0 Å². The molecule has 0 spiro atoms. The zero-order valence-corrected chi connectivity index (χ0v) is 15.3. The summed E-state index contributed by atoms with van der Waals surface area (Å²) in [7, 11) is 0. The highest BCUT2D eigenvalue weighted by molar-refractivity contribution is 5.80. The lowest BCUT2D eigenvalue weighted by atomic mass is 10.2. The molecule has 0 saturated heterocycles. The molecule has 0 aliphatic rings. The van der Waals surface area contributed by atoms with Crippen LogP contribution in [-0.4, -0.2) is 18.6 Å². The number of hydrogen-bond donors (Lipinski definition) is 0. The molecule has 0 bridgehead atoms. The van der Waals surface area contributed by atoms with Crippen molar-refractivity contribution in [2.75, 3.05) is 6.61 Å². The Bertz CT molecular complexity index is 168. The number of unbranched alkanes of at least 4 members (excludes halogenated alkanes) is 3. The smallest absolute Gasteiger partial charge is 0.119 e. The van der Waals surface area contributed by atoms with E-state index in [2.05, 4.69) is 19.0 Å². The second-order valence-electron chi connectivity index (χ2n) is 3.74. The Kier molecular flexibility index (Phi) is 49.7. The van der Waals surface area contributed by atoms with Gasteiger partial charge in [-0.25, -0.2) is 0 Å². The predicted octanol–water partition coefficient (Wildman–Crippen LogP) is 6.02. The van der Waals surface area contributed by atoms with Gasteiger partial charge < -0.3 is 9.63 Å². The Morgan fingerprint density at radius 3 is 1.90 bits per heavy atom. The molecule has 0 N–H and O–H groups in total. The molecular weight excluding hydrogens is 250 g/mol. The molecule has 124 valence electrons. The molecule has 0 unspecified atom stereocenters. The quantitative estimate of drug-likeness (QED) is 0.237. The maximum Gasteiger partial charge on any atom is 0.119 e. The van der Waals surface area contributed by atoms with Crippen LogP contribution >= 0.6 is 0 Å². The Labute approximate surface area is 128 Å². The highest BCUT2D eigenvalue weighted by Gasteiger charge is 1.90. The minimum absolute atomic E-state index is 0.663. The van der Waals surface area contributed by atoms with E-state index < -0.39 is 0 Å². The first kappa shape index (κ1) is 27.5. The Hall–Kier alpha value is -0.860. The SMILES string of the molecule is CC.CC.CC/C(C)=N/OCCCCCC=O.CCC. The van der Waals surface area contributed by atoms with Gasteiger partial charge in [-0.15, -0.1) is 0 Å². The normalized spacial score (nSPS) is 8.90. The molecule has 0 heterocycles. The van der Waals surface area contributed by atoms with Gasteiger partial charge >= 0.3 is 0 Å². The molecule has 0 aliphatic heterocycles. The Balaban J connectivity index is -0.000000155. The number of aldehydes is 1. The lowest BCUT2D eigenvalue weighted by Gasteiger charge is -1.99. The second kappa shape index (κ2) is 36.2. The van der Waals surface area contributed by atoms with Crippen molar-refractivity contribution in [1.29, 1.82) is 0 Å². The third-order valence-electron chi connectivity index (χ3n) is 1.79. The van der Waals surface area contributed by atoms with Gasteiger partial charge in [0.05, 0.1) is 5.71 Å². The Morgan fingerprint density at radius 1 is 1.00 bits per heavy atom. The lowest BCUT2D eigenvalue weighted by Crippen LogP contribution is -1.93. The van der Waals surface area contributed by atoms with E-state index in [9.17, 15) is 4.79 Å². The molecule has 0 aromatic heterocycles. The van der Waals surface area contributed by atoms with Gasteiger partial charge in [0.1, 0.15) is 12.9 Å². The van der Waals surface area contributed by atoms with Crippen molar-refractivity contribution >= 4 is 12.0 Å². The standard InChI is InChI=1S/C10H19NO2.C3H8.2C2H6/c1-3-10(2)11-13-9-7-5-4-6-8-12;1-3-2;2*1-2/h8H,3-7,9H2,1-2H3;3H2,1-2H3;2*1-2H3/b11-10+;;;. The van der Waals surface area contributed by atoms with Crippen LogP contribution in [-0.2, 0) is 9.63 Å². The molecule has 0 rings (SSSR count). The van der Waals surface area contributed by atoms with Crippen molar-refractivity contribution in [1.82, 2.24) is 0 Å². The molecule has 3 heteroatoms. The van der Waals surface area contributed by atoms with Crippen molar-refractivity contribution < 1.29 is 9.63 Å². The maximum atomic E-state index is 9.97. The largest absolute Gasteiger partial charge is 0.396 e. The summed E-state index contributed by atoms with van der Waals surface area (Å²) in [6.07, 6.45) is 6.79. The van der Waals surface area contributed by atoms with Crippen molar-refractivity contribution in [2.45, 2.75) is 93.9 Å². The molecule has 0 aliphatic carbocycles. The van der Waals surface area contributed by atoms with Crippen molar-refractivity contribution in [3.8, 4) is 0 Å². The van der Waals surface area contributed by atoms with Gasteiger partial charge in [0.15, 0.2) is 0 Å². The summed E-state index contributed by atoms with van der Waals surface area (Å²) in [6, 6.07) is 0. The van der Waals surface area contributed by atoms with Gasteiger partial charge in [-0.3, -0.25) is 0 Å². The van der Waals surface area contributed by atoms with E-state index in [0.717, 1.165) is 37.7 Å². The van der Waals surface area contributed by atoms with E-state index in [-0.39, 0.29) is 0 Å². The summed E-state index contributed by atoms with van der Waals surface area (Å²) in [4.78, 5) is 15.0. The van der Waals surface area contributed by atoms with Gasteiger partial charge in [0.2, 0.25) is 0 Å². The van der Waals surface area contributed by atoms with E-state index in [1.165, 1.54) is 6.42 Å². The lowest BCUT2D eigenvalue weighted by molar-refractivity contribution is -0.107. The van der Waals surface area contributed by atoms with Gasteiger partial charge in [-0.1, -0.05) is 60.0 Å². The molecule has 3 nitrogen and oxygen atoms in total. The molecule has 0 amide bonds. The summed E-state index contributed by atoms with van der Waals surface area (Å²) in [6.45, 7) is 16.9. The van der Waals surface area contributed by atoms with E-state index in [4.69, 9.17) is 4.84 Å². The van der Waals surface area contributed by atoms with Gasteiger partial charge in [0.25, 0.3) is 0 Å². The zero-order valence-electron chi connectivity index (χ0n) is 15.3. The van der Waals surface area contributed by atoms with E-state index in [1.54, 1.807) is 0 Å². The van der Waals surface area contributed by atoms with Crippen LogP contribution in [0.1, 0.15) is 93.9 Å². The van der Waals surface area contributed by atoms with Crippen molar-refractivity contribution in [3.63, 3.8) is 0 Å². The highest BCUT2D eigenvalue weighted by atomic mass is 16.6. The highest BCUT2D eigenvalue weighted by Crippen LogP contribution is 1.98. The molecule has 0 aromatic carbocycles. The number of carbonyl (C=O) groups excluding carboxylic acids is 1. The van der Waals surface area contributed by atoms with E-state index in [1.807, 2.05) is 41.5 Å². The summed E-state index contributed by atoms with van der Waals surface area (Å²) >= 11 is 0. The molecule has 0 radical (unpaired) electrons. The van der Waals surface area contributed by atoms with Gasteiger partial charge in [-0.05, 0) is 32.6 Å². The molecule has 0 aromatic rings. The average Bonchev–Trinajstić information content (AvgIpc) is 2.51. The average molecular weight is 290 g/mol. The van der Waals surface area contributed by atoms with Gasteiger partial charge in [0, 0.05) is 6.42 Å². The minimum atomic E-state index is 0.663. The van der Waals surface area contributed by atoms with Crippen LogP contribution in [0.25, 0.3) is 0 Å². The van der Waals surface area contributed by atoms with Crippen LogP contribution in [0, 0.1) is 0 Å². The zero-order chi connectivity index (χ0) is 16.6. The molecule has 20 heavy (non-hydrogen) atoms. The number of carbonyl (C=O) groups is 1. The topological polar surface area (TPSA) is 38.7 Å². The summed E-state index contributed by atoms with van der Waals surface area (Å²) in [5, 5.41) is 3.91. The fraction of sp³-hybridized carbons (Fsp3) is 0.882. The van der Waals surface area contributed by atoms with Crippen LogP contribution in [0.5, 0.6) is 0 Å². The molecule has 0 saturated carbocycles. The van der Waals surface area contributed by atoms with Crippen LogP contribution < -0.4 is 0 Å². The third kappa shape index (κ3) is 43.4. The molecule has 0 fully saturated rings. The number of hydrogen-bond acceptors (Lipinski definition) is 3. The summed E-state index contributed by atoms with van der Waals surface area (Å²) < 4.78 is 0. The number of rotatable bonds is 8. The number of oxime groups is 1.